The third-order valence-electron chi connectivity index (χ3n) is 2.73. The van der Waals surface area contributed by atoms with Crippen molar-refractivity contribution >= 4 is 17.8 Å². The molecular weight excluding hydrogens is 238 g/mol. The van der Waals surface area contributed by atoms with Gasteiger partial charge in [0.05, 0.1) is 5.92 Å². The predicted octanol–water partition coefficient (Wildman–Crippen LogP) is -0.521. The molecule has 0 radical (unpaired) electrons. The van der Waals surface area contributed by atoms with Gasteiger partial charge in [0.2, 0.25) is 11.8 Å². The van der Waals surface area contributed by atoms with E-state index in [2.05, 4.69) is 9.97 Å². The van der Waals surface area contributed by atoms with Crippen molar-refractivity contribution in [3.8, 4) is 0 Å². The van der Waals surface area contributed by atoms with Crippen LogP contribution in [0.5, 0.6) is 0 Å². The summed E-state index contributed by atoms with van der Waals surface area (Å²) >= 11 is 0. The second kappa shape index (κ2) is 4.91. The third-order valence-corrected chi connectivity index (χ3v) is 2.73. The van der Waals surface area contributed by atoms with Gasteiger partial charge in [-0.2, -0.15) is 0 Å². The number of hydrogen-bond donors (Lipinski definition) is 1. The Kier molecular flexibility index (Phi) is 3.31. The monoisotopic (exact) mass is 249 g/mol. The first-order valence-electron chi connectivity index (χ1n) is 5.38. The molecule has 1 N–H and O–H groups in total. The summed E-state index contributed by atoms with van der Waals surface area (Å²) in [4.78, 5) is 42.4. The number of amides is 2. The number of aromatic nitrogens is 2. The maximum Gasteiger partial charge on any atom is 0.323 e. The number of nitrogens with zero attached hydrogens (tertiary/aromatic N) is 3. The van der Waals surface area contributed by atoms with Crippen molar-refractivity contribution in [2.75, 3.05) is 6.54 Å². The fourth-order valence-electron chi connectivity index (χ4n) is 1.93. The van der Waals surface area contributed by atoms with Crippen molar-refractivity contribution in [1.29, 1.82) is 0 Å². The number of aliphatic carboxylic acids is 1. The van der Waals surface area contributed by atoms with E-state index in [4.69, 9.17) is 5.11 Å². The fraction of sp³-hybridized carbons (Fsp3) is 0.364. The Hall–Kier alpha value is -2.31. The lowest BCUT2D eigenvalue weighted by Crippen LogP contribution is -2.35. The third kappa shape index (κ3) is 2.50. The molecule has 1 aromatic heterocycles. The zero-order valence-corrected chi connectivity index (χ0v) is 9.44. The molecule has 1 saturated heterocycles. The van der Waals surface area contributed by atoms with Gasteiger partial charge in [0, 0.05) is 18.8 Å². The summed E-state index contributed by atoms with van der Waals surface area (Å²) in [6.07, 6.45) is 4.92. The van der Waals surface area contributed by atoms with E-state index >= 15 is 0 Å². The molecule has 2 rings (SSSR count). The summed E-state index contributed by atoms with van der Waals surface area (Å²) in [7, 11) is 0. The smallest absolute Gasteiger partial charge is 0.323 e. The van der Waals surface area contributed by atoms with E-state index in [-0.39, 0.29) is 6.42 Å². The molecule has 1 aliphatic heterocycles. The fourth-order valence-corrected chi connectivity index (χ4v) is 1.93. The largest absolute Gasteiger partial charge is 0.480 e. The lowest BCUT2D eigenvalue weighted by molar-refractivity contribution is -0.149. The molecule has 2 heterocycles. The van der Waals surface area contributed by atoms with Crippen molar-refractivity contribution < 1.29 is 19.5 Å². The highest BCUT2D eigenvalue weighted by Gasteiger charge is 2.39. The molecule has 0 saturated carbocycles. The zero-order valence-electron chi connectivity index (χ0n) is 9.44. The Morgan fingerprint density at radius 1 is 1.39 bits per heavy atom. The number of carbonyl (C=O) groups excluding carboxylic acids is 2. The first kappa shape index (κ1) is 12.2. The number of hydrogen-bond acceptors (Lipinski definition) is 5. The standard InChI is InChI=1S/C11H11N3O4/c15-9-2-8(1-7-3-12-6-13-4-7)11(18)14(9)5-10(16)17/h3-4,6,8H,1-2,5H2,(H,16,17). The molecule has 1 atom stereocenters. The summed E-state index contributed by atoms with van der Waals surface area (Å²) in [5.74, 6) is -2.58. The van der Waals surface area contributed by atoms with Crippen LogP contribution in [0.15, 0.2) is 18.7 Å². The van der Waals surface area contributed by atoms with E-state index in [0.29, 0.717) is 6.42 Å². The van der Waals surface area contributed by atoms with E-state index in [1.54, 1.807) is 12.4 Å². The molecular formula is C11H11N3O4. The number of imide groups is 1. The van der Waals surface area contributed by atoms with E-state index < -0.39 is 30.2 Å². The maximum absolute atomic E-state index is 11.9. The molecule has 7 nitrogen and oxygen atoms in total. The number of carbonyl (C=O) groups is 3. The first-order chi connectivity index (χ1) is 8.58. The van der Waals surface area contributed by atoms with Gasteiger partial charge in [-0.05, 0) is 12.0 Å². The molecule has 1 unspecified atom stereocenters. The van der Waals surface area contributed by atoms with Gasteiger partial charge in [-0.3, -0.25) is 19.3 Å². The van der Waals surface area contributed by atoms with Gasteiger partial charge in [-0.15, -0.1) is 0 Å². The van der Waals surface area contributed by atoms with Crippen molar-refractivity contribution in [3.05, 3.63) is 24.3 Å². The lowest BCUT2D eigenvalue weighted by Gasteiger charge is -2.11. The van der Waals surface area contributed by atoms with Crippen LogP contribution >= 0.6 is 0 Å². The van der Waals surface area contributed by atoms with Crippen molar-refractivity contribution in [1.82, 2.24) is 14.9 Å². The highest BCUT2D eigenvalue weighted by molar-refractivity contribution is 6.05. The minimum Gasteiger partial charge on any atom is -0.480 e. The number of carboxylic acids is 1. The van der Waals surface area contributed by atoms with Crippen LogP contribution in [0.2, 0.25) is 0 Å². The topological polar surface area (TPSA) is 100 Å². The van der Waals surface area contributed by atoms with Gasteiger partial charge in [-0.1, -0.05) is 0 Å². The molecule has 0 bridgehead atoms. The van der Waals surface area contributed by atoms with Crippen LogP contribution in [0.1, 0.15) is 12.0 Å². The number of likely N-dealkylation sites (tertiary alicyclic amines) is 1. The van der Waals surface area contributed by atoms with Crippen LogP contribution in [-0.4, -0.2) is 44.3 Å². The van der Waals surface area contributed by atoms with E-state index in [1.807, 2.05) is 0 Å². The van der Waals surface area contributed by atoms with E-state index in [0.717, 1.165) is 10.5 Å². The van der Waals surface area contributed by atoms with Crippen LogP contribution in [0, 0.1) is 5.92 Å². The Labute approximate surface area is 102 Å². The lowest BCUT2D eigenvalue weighted by atomic mass is 10.00. The van der Waals surface area contributed by atoms with Gasteiger partial charge in [-0.25, -0.2) is 9.97 Å². The van der Waals surface area contributed by atoms with Crippen LogP contribution < -0.4 is 0 Å². The van der Waals surface area contributed by atoms with Gasteiger partial charge < -0.3 is 5.11 Å². The van der Waals surface area contributed by atoms with Crippen molar-refractivity contribution in [3.63, 3.8) is 0 Å². The molecule has 1 aliphatic rings. The summed E-state index contributed by atoms with van der Waals surface area (Å²) in [5.41, 5.74) is 0.751. The van der Waals surface area contributed by atoms with E-state index in [9.17, 15) is 14.4 Å². The quantitative estimate of drug-likeness (QED) is 0.720. The Morgan fingerprint density at radius 2 is 2.06 bits per heavy atom. The molecule has 1 fully saturated rings. The van der Waals surface area contributed by atoms with Gasteiger partial charge in [0.1, 0.15) is 12.9 Å². The Morgan fingerprint density at radius 3 is 2.67 bits per heavy atom. The maximum atomic E-state index is 11.9. The highest BCUT2D eigenvalue weighted by Crippen LogP contribution is 2.22. The highest BCUT2D eigenvalue weighted by atomic mass is 16.4. The summed E-state index contributed by atoms with van der Waals surface area (Å²) in [6.45, 7) is -0.570. The Balaban J connectivity index is 2.06. The van der Waals surface area contributed by atoms with Crippen LogP contribution in [-0.2, 0) is 20.8 Å². The molecule has 94 valence electrons. The average Bonchev–Trinajstić information content (AvgIpc) is 2.58. The van der Waals surface area contributed by atoms with E-state index in [1.165, 1.54) is 6.33 Å². The predicted molar refractivity (Wildman–Crippen MR) is 58.2 cm³/mol. The van der Waals surface area contributed by atoms with Crippen molar-refractivity contribution in [2.24, 2.45) is 5.92 Å². The summed E-state index contributed by atoms with van der Waals surface area (Å²) in [6, 6.07) is 0. The minimum absolute atomic E-state index is 0.0427. The van der Waals surface area contributed by atoms with Gasteiger partial charge >= 0.3 is 5.97 Å². The molecule has 7 heteroatoms. The van der Waals surface area contributed by atoms with Crippen LogP contribution in [0.25, 0.3) is 0 Å². The van der Waals surface area contributed by atoms with Gasteiger partial charge in [0.25, 0.3) is 0 Å². The second-order valence-electron chi connectivity index (χ2n) is 4.06. The second-order valence-corrected chi connectivity index (χ2v) is 4.06. The zero-order chi connectivity index (χ0) is 13.1. The van der Waals surface area contributed by atoms with Crippen LogP contribution in [0.3, 0.4) is 0 Å². The molecule has 2 amide bonds. The first-order valence-corrected chi connectivity index (χ1v) is 5.38. The molecule has 0 spiro atoms. The molecule has 18 heavy (non-hydrogen) atoms. The summed E-state index contributed by atoms with van der Waals surface area (Å²) < 4.78 is 0. The van der Waals surface area contributed by atoms with Crippen LogP contribution in [0.4, 0.5) is 0 Å². The SMILES string of the molecule is O=C(O)CN1C(=O)CC(Cc2cncnc2)C1=O. The Bertz CT molecular complexity index is 488. The summed E-state index contributed by atoms with van der Waals surface area (Å²) in [5, 5.41) is 8.62. The molecule has 1 aromatic rings. The van der Waals surface area contributed by atoms with Crippen molar-refractivity contribution in [2.45, 2.75) is 12.8 Å². The number of rotatable bonds is 4. The van der Waals surface area contributed by atoms with Gasteiger partial charge in [0.15, 0.2) is 0 Å². The minimum atomic E-state index is -1.19. The average molecular weight is 249 g/mol. The molecule has 0 aliphatic carbocycles. The molecule has 0 aromatic carbocycles. The normalized spacial score (nSPS) is 19.3. The number of carboxylic acid groups (broad SMARTS) is 1.